The van der Waals surface area contributed by atoms with Gasteiger partial charge in [-0.3, -0.25) is 4.90 Å². The van der Waals surface area contributed by atoms with E-state index in [9.17, 15) is 8.42 Å². The highest BCUT2D eigenvalue weighted by Crippen LogP contribution is 2.03. The molecule has 1 fully saturated rings. The predicted molar refractivity (Wildman–Crippen MR) is 48.7 cm³/mol. The first-order valence-corrected chi connectivity index (χ1v) is 5.93. The quantitative estimate of drug-likeness (QED) is 0.594. The van der Waals surface area contributed by atoms with Crippen LogP contribution in [0.1, 0.15) is 0 Å². The molecule has 1 aliphatic rings. The zero-order valence-electron chi connectivity index (χ0n) is 7.31. The average Bonchev–Trinajstić information content (AvgIpc) is 2.08. The van der Waals surface area contributed by atoms with Gasteiger partial charge in [0.2, 0.25) is 0 Å². The average molecular weight is 203 g/mol. The lowest BCUT2D eigenvalue weighted by molar-refractivity contribution is 0.290. The second kappa shape index (κ2) is 4.05. The molecule has 0 spiro atoms. The van der Waals surface area contributed by atoms with Crippen molar-refractivity contribution < 1.29 is 8.42 Å². The number of rotatable bonds is 2. The second-order valence-corrected chi connectivity index (χ2v) is 5.49. The Morgan fingerprint density at radius 1 is 1.46 bits per heavy atom. The molecular formula is C7H13N3O2S. The Morgan fingerprint density at radius 3 is 2.46 bits per heavy atom. The Kier molecular flexibility index (Phi) is 3.25. The monoisotopic (exact) mass is 203 g/mol. The maximum absolute atomic E-state index is 11.0. The molecule has 1 aliphatic heterocycles. The van der Waals surface area contributed by atoms with Crippen molar-refractivity contribution in [3.63, 3.8) is 0 Å². The first-order chi connectivity index (χ1) is 6.03. The van der Waals surface area contributed by atoms with Crippen molar-refractivity contribution in [3.8, 4) is 6.07 Å². The molecule has 1 rings (SSSR count). The SMILES string of the molecule is N#CC(N)CN1CCS(=O)(=O)CC1. The number of hydrogen-bond acceptors (Lipinski definition) is 5. The normalized spacial score (nSPS) is 24.9. The highest BCUT2D eigenvalue weighted by atomic mass is 32.2. The Balaban J connectivity index is 2.39. The molecule has 74 valence electrons. The molecule has 6 heteroatoms. The van der Waals surface area contributed by atoms with Crippen LogP contribution in [0, 0.1) is 11.3 Å². The lowest BCUT2D eigenvalue weighted by Gasteiger charge is -2.26. The molecule has 0 aromatic heterocycles. The fourth-order valence-electron chi connectivity index (χ4n) is 1.25. The summed E-state index contributed by atoms with van der Waals surface area (Å²) in [5, 5.41) is 8.45. The third-order valence-corrected chi connectivity index (χ3v) is 3.67. The zero-order valence-corrected chi connectivity index (χ0v) is 8.13. The number of hydrogen-bond donors (Lipinski definition) is 1. The summed E-state index contributed by atoms with van der Waals surface area (Å²) in [6, 6.07) is 1.41. The van der Waals surface area contributed by atoms with Gasteiger partial charge in [0, 0.05) is 19.6 Å². The maximum atomic E-state index is 11.0. The molecule has 0 aliphatic carbocycles. The van der Waals surface area contributed by atoms with Crippen LogP contribution in [-0.2, 0) is 9.84 Å². The molecular weight excluding hydrogens is 190 g/mol. The van der Waals surface area contributed by atoms with Crippen molar-refractivity contribution in [1.82, 2.24) is 4.90 Å². The van der Waals surface area contributed by atoms with Crippen LogP contribution in [-0.4, -0.2) is 50.5 Å². The highest BCUT2D eigenvalue weighted by molar-refractivity contribution is 7.91. The van der Waals surface area contributed by atoms with Gasteiger partial charge in [0.1, 0.15) is 6.04 Å². The van der Waals surface area contributed by atoms with E-state index in [1.54, 1.807) is 0 Å². The van der Waals surface area contributed by atoms with E-state index >= 15 is 0 Å². The fourth-order valence-corrected chi connectivity index (χ4v) is 2.53. The summed E-state index contributed by atoms with van der Waals surface area (Å²) >= 11 is 0. The van der Waals surface area contributed by atoms with E-state index in [1.165, 1.54) is 0 Å². The largest absolute Gasteiger partial charge is 0.315 e. The molecule has 2 N–H and O–H groups in total. The second-order valence-electron chi connectivity index (χ2n) is 3.19. The molecule has 1 heterocycles. The number of nitriles is 1. The molecule has 1 saturated heterocycles. The first-order valence-electron chi connectivity index (χ1n) is 4.11. The van der Waals surface area contributed by atoms with Crippen LogP contribution in [0.4, 0.5) is 0 Å². The van der Waals surface area contributed by atoms with Gasteiger partial charge in [-0.05, 0) is 0 Å². The molecule has 0 saturated carbocycles. The number of sulfone groups is 1. The van der Waals surface area contributed by atoms with E-state index in [-0.39, 0.29) is 11.5 Å². The molecule has 0 aromatic rings. The van der Waals surface area contributed by atoms with Crippen molar-refractivity contribution in [2.24, 2.45) is 5.73 Å². The van der Waals surface area contributed by atoms with Gasteiger partial charge in [0.25, 0.3) is 0 Å². The van der Waals surface area contributed by atoms with Crippen LogP contribution in [0.15, 0.2) is 0 Å². The Hall–Kier alpha value is -0.640. The van der Waals surface area contributed by atoms with Gasteiger partial charge in [0.15, 0.2) is 9.84 Å². The number of nitrogens with two attached hydrogens (primary N) is 1. The molecule has 13 heavy (non-hydrogen) atoms. The molecule has 0 radical (unpaired) electrons. The molecule has 1 unspecified atom stereocenters. The lowest BCUT2D eigenvalue weighted by atomic mass is 10.3. The number of nitrogens with zero attached hydrogens (tertiary/aromatic N) is 2. The summed E-state index contributed by atoms with van der Waals surface area (Å²) in [7, 11) is -2.82. The van der Waals surface area contributed by atoms with Crippen LogP contribution in [0.2, 0.25) is 0 Å². The van der Waals surface area contributed by atoms with Crippen molar-refractivity contribution in [3.05, 3.63) is 0 Å². The smallest absolute Gasteiger partial charge is 0.152 e. The Labute approximate surface area is 78.0 Å². The summed E-state index contributed by atoms with van der Waals surface area (Å²) < 4.78 is 22.1. The van der Waals surface area contributed by atoms with E-state index in [4.69, 9.17) is 11.0 Å². The van der Waals surface area contributed by atoms with Gasteiger partial charge in [-0.1, -0.05) is 0 Å². The van der Waals surface area contributed by atoms with Gasteiger partial charge in [-0.15, -0.1) is 0 Å². The van der Waals surface area contributed by atoms with Crippen LogP contribution in [0.25, 0.3) is 0 Å². The highest BCUT2D eigenvalue weighted by Gasteiger charge is 2.22. The van der Waals surface area contributed by atoms with Crippen LogP contribution >= 0.6 is 0 Å². The van der Waals surface area contributed by atoms with Gasteiger partial charge in [0.05, 0.1) is 17.6 Å². The van der Waals surface area contributed by atoms with Gasteiger partial charge < -0.3 is 5.73 Å². The summed E-state index contributed by atoms with van der Waals surface area (Å²) in [5.74, 6) is 0.371. The van der Waals surface area contributed by atoms with Crippen molar-refractivity contribution in [2.75, 3.05) is 31.1 Å². The third kappa shape index (κ3) is 3.30. The predicted octanol–water partition coefficient (Wildman–Crippen LogP) is -1.43. The maximum Gasteiger partial charge on any atom is 0.152 e. The summed E-state index contributed by atoms with van der Waals surface area (Å²) in [6.45, 7) is 1.46. The van der Waals surface area contributed by atoms with E-state index in [0.717, 1.165) is 0 Å². The standard InChI is InChI=1S/C7H13N3O2S/c8-5-7(9)6-10-1-3-13(11,12)4-2-10/h7H,1-4,6,9H2. The molecule has 1 atom stereocenters. The Bertz CT molecular complexity index is 292. The van der Waals surface area contributed by atoms with E-state index in [1.807, 2.05) is 11.0 Å². The summed E-state index contributed by atoms with van der Waals surface area (Å²) in [5.41, 5.74) is 5.42. The third-order valence-electron chi connectivity index (χ3n) is 2.06. The molecule has 0 amide bonds. The van der Waals surface area contributed by atoms with Crippen LogP contribution < -0.4 is 5.73 Å². The van der Waals surface area contributed by atoms with Gasteiger partial charge in [-0.2, -0.15) is 5.26 Å². The van der Waals surface area contributed by atoms with E-state index in [0.29, 0.717) is 19.6 Å². The molecule has 0 bridgehead atoms. The minimum Gasteiger partial charge on any atom is -0.315 e. The minimum atomic E-state index is -2.82. The summed E-state index contributed by atoms with van der Waals surface area (Å²) in [4.78, 5) is 1.91. The molecule has 0 aromatic carbocycles. The van der Waals surface area contributed by atoms with Crippen molar-refractivity contribution >= 4 is 9.84 Å². The first kappa shape index (κ1) is 10.4. The van der Waals surface area contributed by atoms with Crippen molar-refractivity contribution in [1.29, 1.82) is 5.26 Å². The molecule has 5 nitrogen and oxygen atoms in total. The summed E-state index contributed by atoms with van der Waals surface area (Å²) in [6.07, 6.45) is 0. The Morgan fingerprint density at radius 2 is 2.00 bits per heavy atom. The fraction of sp³-hybridized carbons (Fsp3) is 0.857. The van der Waals surface area contributed by atoms with Crippen molar-refractivity contribution in [2.45, 2.75) is 6.04 Å². The van der Waals surface area contributed by atoms with Gasteiger partial charge in [-0.25, -0.2) is 8.42 Å². The van der Waals surface area contributed by atoms with Gasteiger partial charge >= 0.3 is 0 Å². The van der Waals surface area contributed by atoms with Crippen LogP contribution in [0.5, 0.6) is 0 Å². The minimum absolute atomic E-state index is 0.186. The lowest BCUT2D eigenvalue weighted by Crippen LogP contribution is -2.45. The van der Waals surface area contributed by atoms with E-state index < -0.39 is 15.9 Å². The van der Waals surface area contributed by atoms with Crippen LogP contribution in [0.3, 0.4) is 0 Å². The topological polar surface area (TPSA) is 87.2 Å². The van der Waals surface area contributed by atoms with E-state index in [2.05, 4.69) is 0 Å². The zero-order chi connectivity index (χ0) is 9.90.